The number of fused-ring (bicyclic) bond motifs is 5. The van der Waals surface area contributed by atoms with E-state index in [1.54, 1.807) is 0 Å². The van der Waals surface area contributed by atoms with E-state index in [1.807, 2.05) is 0 Å². The van der Waals surface area contributed by atoms with Gasteiger partial charge in [0.15, 0.2) is 31.5 Å². The second-order valence-electron chi connectivity index (χ2n) is 29.3. The standard InChI is InChI=1S/C61H100O28/c1-24(26-15-16-58(6)33-12-10-27-28(60(33,8)34(66)17-59(26,58)7)11-14-36(56(27,2)3)85-52-44(74)41(71)39(69)30(20-63)82-52)9-13-37(57(4,5)79)86-55-49(88-54-46(76)43(73)50(78)61(89-54)18-35(61)67)47(77)48(87-53-45(75)42(72)40(70)31(21-64)83-53)32(84-55)23-81-51-38(68)25(19-62)29(65)22-80-51/h10,19,24-26,28-55,63-79H,9,11-18,20-23H2,1-8H3/t24-,25?,26?,28?,29-,30-,31-,32?,33?,34-,35-,36+,37-,38-,39-,40-,41+,42+,43+,44-,45-,46+,47+,48-,49-,50-,51-,52+,53-,54+,55+,58+,59-,60+,61?/m1/s1. The Balaban J connectivity index is 0.899. The number of aliphatic hydroxyl groups is 17. The van der Waals surface area contributed by atoms with Crippen LogP contribution in [0.3, 0.4) is 0 Å². The molecule has 10 rings (SSSR count). The summed E-state index contributed by atoms with van der Waals surface area (Å²) in [5, 5.41) is 187. The molecule has 5 aliphatic heterocycles. The summed E-state index contributed by atoms with van der Waals surface area (Å²) in [7, 11) is 0. The summed E-state index contributed by atoms with van der Waals surface area (Å²) in [4.78, 5) is 12.0. The van der Waals surface area contributed by atoms with Crippen LogP contribution in [0.15, 0.2) is 11.6 Å². The SMILES string of the molecule is C[C@H](CC[C@@H](O[C@@H]1OC(CO[C@H]2OC[C@@H](O)C(C=O)[C@H]2O)[C@@H](O[C@H]2O[C@H](CO)[C@@H](O)[C@H](O)[C@H]2O)[C@H](O)[C@H]1O[C@H]1OC2(C[C@H]2O)[C@H](O)[C@@H](O)[C@@H]1O)C(C)(C)O)C1CC[C@@]2(C)C3CC=C4C(CC[C@H](O[C@@H]5O[C@H](CO)[C@@H](O)[C@H](O)[C@H]5O)C4(C)C)[C@]3(C)[C@H](O)C[C@]12C. The quantitative estimate of drug-likeness (QED) is 0.0431. The van der Waals surface area contributed by atoms with Crippen molar-refractivity contribution in [3.8, 4) is 0 Å². The minimum Gasteiger partial charge on any atom is -0.394 e. The summed E-state index contributed by atoms with van der Waals surface area (Å²) < 4.78 is 61.2. The second kappa shape index (κ2) is 26.1. The molecule has 9 fully saturated rings. The number of aldehydes is 1. The number of carbonyl (C=O) groups excluding carboxylic acids is 1. The fraction of sp³-hybridized carbons (Fsp3) is 0.951. The first-order valence-electron chi connectivity index (χ1n) is 31.8. The lowest BCUT2D eigenvalue weighted by molar-refractivity contribution is -0.398. The molecule has 0 bridgehead atoms. The minimum atomic E-state index is -2.08. The minimum absolute atomic E-state index is 0.0282. The lowest BCUT2D eigenvalue weighted by Crippen LogP contribution is -2.68. The van der Waals surface area contributed by atoms with Gasteiger partial charge in [-0.3, -0.25) is 0 Å². The van der Waals surface area contributed by atoms with Gasteiger partial charge in [0.05, 0.1) is 68.5 Å². The highest BCUT2D eigenvalue weighted by molar-refractivity contribution is 5.56. The molecule has 0 aromatic heterocycles. The van der Waals surface area contributed by atoms with Crippen molar-refractivity contribution in [2.24, 2.45) is 51.2 Å². The van der Waals surface area contributed by atoms with Gasteiger partial charge >= 0.3 is 0 Å². The fourth-order valence-corrected chi connectivity index (χ4v) is 17.6. The molecule has 35 atom stereocenters. The van der Waals surface area contributed by atoms with Crippen LogP contribution in [0, 0.1) is 51.2 Å². The van der Waals surface area contributed by atoms with E-state index < -0.39 is 219 Å². The van der Waals surface area contributed by atoms with Gasteiger partial charge < -0.3 is 139 Å². The summed E-state index contributed by atoms with van der Waals surface area (Å²) in [5.74, 6) is -1.33. The Morgan fingerprint density at radius 2 is 1.22 bits per heavy atom. The van der Waals surface area contributed by atoms with Crippen LogP contribution in [0.4, 0.5) is 0 Å². The Labute approximate surface area is 517 Å². The average molecular weight is 1280 g/mol. The molecule has 5 saturated heterocycles. The molecule has 28 heteroatoms. The summed E-state index contributed by atoms with van der Waals surface area (Å²) in [6, 6.07) is 0. The van der Waals surface area contributed by atoms with E-state index in [2.05, 4.69) is 47.6 Å². The molecule has 0 radical (unpaired) electrons. The van der Waals surface area contributed by atoms with Gasteiger partial charge in [-0.1, -0.05) is 53.2 Å². The Hall–Kier alpha value is -1.67. The van der Waals surface area contributed by atoms with E-state index >= 15 is 0 Å². The predicted octanol–water partition coefficient (Wildman–Crippen LogP) is -4.17. The third-order valence-electron chi connectivity index (χ3n) is 23.6. The topological polar surface area (TPSA) is 453 Å². The molecule has 0 aromatic carbocycles. The molecule has 512 valence electrons. The molecule has 4 saturated carbocycles. The Kier molecular flexibility index (Phi) is 20.5. The van der Waals surface area contributed by atoms with Crippen molar-refractivity contribution in [3.63, 3.8) is 0 Å². The number of rotatable bonds is 19. The van der Waals surface area contributed by atoms with E-state index in [-0.39, 0.29) is 41.9 Å². The molecule has 89 heavy (non-hydrogen) atoms. The van der Waals surface area contributed by atoms with Gasteiger partial charge in [-0.25, -0.2) is 0 Å². The fourth-order valence-electron chi connectivity index (χ4n) is 17.6. The molecule has 10 aliphatic rings. The Morgan fingerprint density at radius 1 is 0.640 bits per heavy atom. The van der Waals surface area contributed by atoms with Gasteiger partial charge in [0.1, 0.15) is 110 Å². The highest BCUT2D eigenvalue weighted by Gasteiger charge is 2.71. The lowest BCUT2D eigenvalue weighted by Gasteiger charge is -2.67. The highest BCUT2D eigenvalue weighted by atomic mass is 16.8. The van der Waals surface area contributed by atoms with Crippen LogP contribution < -0.4 is 0 Å². The Morgan fingerprint density at radius 3 is 1.81 bits per heavy atom. The third-order valence-corrected chi connectivity index (χ3v) is 23.6. The molecule has 6 unspecified atom stereocenters. The molecule has 0 amide bonds. The van der Waals surface area contributed by atoms with Crippen LogP contribution in [0.5, 0.6) is 0 Å². The predicted molar refractivity (Wildman–Crippen MR) is 300 cm³/mol. The van der Waals surface area contributed by atoms with Crippen LogP contribution in [0.1, 0.15) is 113 Å². The number of hydrogen-bond donors (Lipinski definition) is 17. The largest absolute Gasteiger partial charge is 0.394 e. The number of aliphatic hydroxyl groups excluding tert-OH is 16. The molecule has 5 heterocycles. The third kappa shape index (κ3) is 12.1. The molecular weight excluding hydrogens is 1180 g/mol. The van der Waals surface area contributed by atoms with E-state index in [4.69, 9.17) is 47.4 Å². The Bertz CT molecular complexity index is 2450. The first-order chi connectivity index (χ1) is 41.7. The highest BCUT2D eigenvalue weighted by Crippen LogP contribution is 2.75. The van der Waals surface area contributed by atoms with Crippen LogP contribution >= 0.6 is 0 Å². The van der Waals surface area contributed by atoms with Gasteiger partial charge in [0, 0.05) is 17.3 Å². The van der Waals surface area contributed by atoms with Crippen molar-refractivity contribution in [2.75, 3.05) is 26.4 Å². The molecular formula is C61H100O28. The number of allylic oxidation sites excluding steroid dienone is 1. The molecule has 0 aromatic rings. The zero-order valence-corrected chi connectivity index (χ0v) is 51.8. The number of carbonyl (C=O) groups is 1. The first-order valence-corrected chi connectivity index (χ1v) is 31.8. The molecule has 17 N–H and O–H groups in total. The van der Waals surface area contributed by atoms with Crippen molar-refractivity contribution < 1.29 is 139 Å². The maximum absolute atomic E-state index is 12.8. The zero-order chi connectivity index (χ0) is 65.2. The maximum Gasteiger partial charge on any atom is 0.187 e. The molecule has 5 aliphatic carbocycles. The second-order valence-corrected chi connectivity index (χ2v) is 29.3. The van der Waals surface area contributed by atoms with Gasteiger partial charge in [-0.15, -0.1) is 0 Å². The van der Waals surface area contributed by atoms with E-state index in [0.717, 1.165) is 18.4 Å². The summed E-state index contributed by atoms with van der Waals surface area (Å²) >= 11 is 0. The van der Waals surface area contributed by atoms with Crippen LogP contribution in [-0.2, 0) is 52.2 Å². The van der Waals surface area contributed by atoms with Gasteiger partial charge in [-0.2, -0.15) is 0 Å². The van der Waals surface area contributed by atoms with E-state index in [1.165, 1.54) is 13.8 Å². The summed E-state index contributed by atoms with van der Waals surface area (Å²) in [5.41, 5.74) is -4.17. The average Bonchev–Trinajstić information content (AvgIpc) is 1.68. The number of ether oxygens (including phenoxy) is 10. The first kappa shape index (κ1) is 70.1. The maximum atomic E-state index is 12.8. The molecule has 28 nitrogen and oxygen atoms in total. The van der Waals surface area contributed by atoms with Crippen molar-refractivity contribution in [3.05, 3.63) is 11.6 Å². The number of hydrogen-bond acceptors (Lipinski definition) is 28. The van der Waals surface area contributed by atoms with Gasteiger partial charge in [0.25, 0.3) is 0 Å². The van der Waals surface area contributed by atoms with Crippen LogP contribution in [0.25, 0.3) is 0 Å². The molecule has 1 spiro atoms. The van der Waals surface area contributed by atoms with Gasteiger partial charge in [0.2, 0.25) is 0 Å². The van der Waals surface area contributed by atoms with Crippen LogP contribution in [-0.4, -0.2) is 290 Å². The van der Waals surface area contributed by atoms with Crippen molar-refractivity contribution in [1.82, 2.24) is 0 Å². The van der Waals surface area contributed by atoms with E-state index in [0.29, 0.717) is 38.4 Å². The normalized spacial score (nSPS) is 53.0. The van der Waals surface area contributed by atoms with Crippen molar-refractivity contribution >= 4 is 6.29 Å². The monoisotopic (exact) mass is 1280 g/mol. The summed E-state index contributed by atoms with van der Waals surface area (Å²) in [6.07, 6.45) is -34.6. The van der Waals surface area contributed by atoms with Crippen molar-refractivity contribution in [2.45, 2.75) is 284 Å². The lowest BCUT2D eigenvalue weighted by atomic mass is 9.38. The van der Waals surface area contributed by atoms with Crippen LogP contribution in [0.2, 0.25) is 0 Å². The van der Waals surface area contributed by atoms with Gasteiger partial charge in [-0.05, 0) is 99.7 Å². The van der Waals surface area contributed by atoms with Crippen molar-refractivity contribution in [1.29, 1.82) is 0 Å². The smallest absolute Gasteiger partial charge is 0.187 e. The van der Waals surface area contributed by atoms with E-state index in [9.17, 15) is 91.6 Å². The zero-order valence-electron chi connectivity index (χ0n) is 51.8. The summed E-state index contributed by atoms with van der Waals surface area (Å²) in [6.45, 7) is 13.5.